The minimum absolute atomic E-state index is 0.0986. The molecule has 2 N–H and O–H groups in total. The van der Waals surface area contributed by atoms with E-state index in [1.54, 1.807) is 18.2 Å². The van der Waals surface area contributed by atoms with E-state index >= 15 is 0 Å². The van der Waals surface area contributed by atoms with Crippen molar-refractivity contribution >= 4 is 33.6 Å². The molecular weight excluding hydrogens is 460 g/mol. The average Bonchev–Trinajstić information content (AvgIpc) is 3.00. The van der Waals surface area contributed by atoms with Crippen LogP contribution < -0.4 is 4.90 Å². The summed E-state index contributed by atoms with van der Waals surface area (Å²) in [5, 5.41) is 15.6. The molecule has 9 nitrogen and oxygen atoms in total. The molecule has 0 spiro atoms. The summed E-state index contributed by atoms with van der Waals surface area (Å²) >= 11 is 0. The number of aliphatic carboxylic acids is 2. The summed E-state index contributed by atoms with van der Waals surface area (Å²) in [5.74, 6) is -3.05. The molecule has 1 aliphatic rings. The number of benzene rings is 2. The summed E-state index contributed by atoms with van der Waals surface area (Å²) in [6.45, 7) is 8.11. The number of carboxylic acids is 2. The molecule has 0 bridgehead atoms. The number of sulfonamides is 1. The second kappa shape index (κ2) is 11.5. The van der Waals surface area contributed by atoms with Gasteiger partial charge in [0.25, 0.3) is 15.9 Å². The largest absolute Gasteiger partial charge is 0.478 e. The van der Waals surface area contributed by atoms with E-state index in [0.717, 1.165) is 28.6 Å². The van der Waals surface area contributed by atoms with Crippen LogP contribution in [0.25, 0.3) is 0 Å². The molecule has 0 aliphatic carbocycles. The zero-order chi connectivity index (χ0) is 25.5. The molecule has 1 heterocycles. The normalized spacial score (nSPS) is 14.8. The molecule has 10 heteroatoms. The molecule has 3 rings (SSSR count). The predicted molar refractivity (Wildman–Crippen MR) is 127 cm³/mol. The molecular formula is C24H28N2O7S. The molecule has 0 aromatic heterocycles. The number of carboxylic acid groups (broad SMARTS) is 2. The zero-order valence-electron chi connectivity index (χ0n) is 19.2. The van der Waals surface area contributed by atoms with Crippen molar-refractivity contribution in [3.8, 4) is 0 Å². The van der Waals surface area contributed by atoms with Crippen LogP contribution in [0, 0.1) is 0 Å². The summed E-state index contributed by atoms with van der Waals surface area (Å²) in [7, 11) is -3.76. The fourth-order valence-corrected chi connectivity index (χ4v) is 5.18. The molecule has 34 heavy (non-hydrogen) atoms. The Balaban J connectivity index is 0.000000440. The van der Waals surface area contributed by atoms with Gasteiger partial charge in [0.05, 0.1) is 5.56 Å². The Morgan fingerprint density at radius 3 is 2.12 bits per heavy atom. The fraction of sp³-hybridized carbons (Fsp3) is 0.292. The third-order valence-corrected chi connectivity index (χ3v) is 7.10. The Morgan fingerprint density at radius 1 is 1.00 bits per heavy atom. The maximum absolute atomic E-state index is 12.7. The second-order valence-electron chi connectivity index (χ2n) is 7.52. The Bertz CT molecular complexity index is 1170. The third-order valence-electron chi connectivity index (χ3n) is 5.29. The fourth-order valence-electron chi connectivity index (χ4n) is 3.53. The lowest BCUT2D eigenvalue weighted by molar-refractivity contribution is -0.134. The van der Waals surface area contributed by atoms with Crippen LogP contribution in [0.2, 0.25) is 0 Å². The average molecular weight is 489 g/mol. The van der Waals surface area contributed by atoms with E-state index in [4.69, 9.17) is 10.2 Å². The van der Waals surface area contributed by atoms with E-state index in [1.165, 1.54) is 6.07 Å². The van der Waals surface area contributed by atoms with E-state index in [1.807, 2.05) is 19.1 Å². The molecule has 1 amide bonds. The van der Waals surface area contributed by atoms with Crippen molar-refractivity contribution in [1.29, 1.82) is 0 Å². The number of anilines is 1. The minimum Gasteiger partial charge on any atom is -0.478 e. The highest BCUT2D eigenvalue weighted by Crippen LogP contribution is 2.32. The van der Waals surface area contributed by atoms with E-state index in [9.17, 15) is 22.8 Å². The molecule has 1 aliphatic heterocycles. The van der Waals surface area contributed by atoms with Crippen LogP contribution in [0.1, 0.15) is 42.6 Å². The molecule has 0 saturated carbocycles. The van der Waals surface area contributed by atoms with E-state index in [-0.39, 0.29) is 22.9 Å². The van der Waals surface area contributed by atoms with Crippen molar-refractivity contribution in [1.82, 2.24) is 4.31 Å². The summed E-state index contributed by atoms with van der Waals surface area (Å²) in [5.41, 5.74) is 2.39. The molecule has 2 aromatic rings. The summed E-state index contributed by atoms with van der Waals surface area (Å²) in [6, 6.07) is 14.5. The minimum atomic E-state index is -3.76. The Kier molecular flexibility index (Phi) is 8.97. The van der Waals surface area contributed by atoms with Gasteiger partial charge in [-0.25, -0.2) is 22.3 Å². The summed E-state index contributed by atoms with van der Waals surface area (Å²) in [4.78, 5) is 34.0. The lowest BCUT2D eigenvalue weighted by Crippen LogP contribution is -2.33. The van der Waals surface area contributed by atoms with Crippen molar-refractivity contribution in [3.05, 3.63) is 71.8 Å². The van der Waals surface area contributed by atoms with Gasteiger partial charge in [0.2, 0.25) is 0 Å². The van der Waals surface area contributed by atoms with Crippen LogP contribution in [0.4, 0.5) is 5.69 Å². The highest BCUT2D eigenvalue weighted by molar-refractivity contribution is 7.90. The van der Waals surface area contributed by atoms with Crippen molar-refractivity contribution in [3.63, 3.8) is 0 Å². The first-order valence-electron chi connectivity index (χ1n) is 10.7. The number of rotatable bonds is 8. The Labute approximate surface area is 199 Å². The van der Waals surface area contributed by atoms with Gasteiger partial charge in [-0.1, -0.05) is 31.2 Å². The van der Waals surface area contributed by atoms with E-state index in [0.29, 0.717) is 12.2 Å². The van der Waals surface area contributed by atoms with Gasteiger partial charge < -0.3 is 15.1 Å². The lowest BCUT2D eigenvalue weighted by Gasteiger charge is -2.24. The number of carbonyl (C=O) groups is 3. The summed E-state index contributed by atoms with van der Waals surface area (Å²) < 4.78 is 26.5. The number of carbonyl (C=O) groups excluding carboxylic acids is 1. The molecule has 0 fully saturated rings. The van der Waals surface area contributed by atoms with E-state index < -0.39 is 27.9 Å². The van der Waals surface area contributed by atoms with Crippen LogP contribution in [-0.4, -0.2) is 60.4 Å². The van der Waals surface area contributed by atoms with Gasteiger partial charge in [0, 0.05) is 37.5 Å². The Morgan fingerprint density at radius 2 is 1.59 bits per heavy atom. The molecule has 0 radical (unpaired) electrons. The molecule has 2 aromatic carbocycles. The first kappa shape index (κ1) is 26.6. The monoisotopic (exact) mass is 488 g/mol. The van der Waals surface area contributed by atoms with Gasteiger partial charge in [0.15, 0.2) is 0 Å². The number of amides is 1. The quantitative estimate of drug-likeness (QED) is 0.542. The van der Waals surface area contributed by atoms with Crippen LogP contribution in [0.15, 0.2) is 65.6 Å². The molecule has 0 saturated heterocycles. The molecule has 1 atom stereocenters. The molecule has 182 valence electrons. The van der Waals surface area contributed by atoms with Gasteiger partial charge in [-0.2, -0.15) is 0 Å². The van der Waals surface area contributed by atoms with Crippen LogP contribution in [0.3, 0.4) is 0 Å². The third kappa shape index (κ3) is 6.22. The van der Waals surface area contributed by atoms with Gasteiger partial charge in [-0.15, -0.1) is 0 Å². The highest BCUT2D eigenvalue weighted by Gasteiger charge is 2.41. The zero-order valence-corrected chi connectivity index (χ0v) is 20.0. The maximum atomic E-state index is 12.7. The van der Waals surface area contributed by atoms with Gasteiger partial charge in [0.1, 0.15) is 4.90 Å². The Hall–Kier alpha value is -3.66. The van der Waals surface area contributed by atoms with Crippen LogP contribution in [0.5, 0.6) is 0 Å². The van der Waals surface area contributed by atoms with Crippen molar-refractivity contribution in [2.75, 3.05) is 24.5 Å². The predicted octanol–water partition coefficient (Wildman–Crippen LogP) is 3.19. The van der Waals surface area contributed by atoms with E-state index in [2.05, 4.69) is 30.9 Å². The SMILES string of the molecule is CCN(CC)c1cccc(C(C)CN2C(=O)c3ccccc3S2(=O)=O)c1.O=C(O)C=CC(=O)O. The lowest BCUT2D eigenvalue weighted by atomic mass is 10.00. The maximum Gasteiger partial charge on any atom is 0.328 e. The first-order chi connectivity index (χ1) is 16.0. The smallest absolute Gasteiger partial charge is 0.328 e. The molecule has 1 unspecified atom stereocenters. The number of nitrogens with zero attached hydrogens (tertiary/aromatic N) is 2. The topological polar surface area (TPSA) is 132 Å². The van der Waals surface area contributed by atoms with Gasteiger partial charge in [-0.05, 0) is 49.6 Å². The van der Waals surface area contributed by atoms with Gasteiger partial charge in [-0.3, -0.25) is 4.79 Å². The number of fused-ring (bicyclic) bond motifs is 1. The van der Waals surface area contributed by atoms with Crippen molar-refractivity contribution in [2.24, 2.45) is 0 Å². The first-order valence-corrected chi connectivity index (χ1v) is 12.1. The standard InChI is InChI=1S/C20H24N2O3S.C4H4O4/c1-4-21(5-2)17-10-8-9-16(13-17)15(3)14-22-20(23)18-11-6-7-12-19(18)26(22,24)25;5-3(6)1-2-4(7)8/h6-13,15H,4-5,14H2,1-3H3;1-2H,(H,5,6)(H,7,8). The van der Waals surface area contributed by atoms with Crippen LogP contribution in [-0.2, 0) is 19.6 Å². The second-order valence-corrected chi connectivity index (χ2v) is 9.35. The summed E-state index contributed by atoms with van der Waals surface area (Å²) in [6.07, 6.45) is 1.12. The number of hydrogen-bond acceptors (Lipinski definition) is 6. The number of hydrogen-bond donors (Lipinski definition) is 2. The highest BCUT2D eigenvalue weighted by atomic mass is 32.2. The van der Waals surface area contributed by atoms with Gasteiger partial charge >= 0.3 is 11.9 Å². The van der Waals surface area contributed by atoms with Crippen LogP contribution >= 0.6 is 0 Å². The van der Waals surface area contributed by atoms with Crippen molar-refractivity contribution < 1.29 is 33.0 Å². The van der Waals surface area contributed by atoms with Crippen molar-refractivity contribution in [2.45, 2.75) is 31.6 Å².